The highest BCUT2D eigenvalue weighted by atomic mass is 31.2. The highest BCUT2D eigenvalue weighted by molar-refractivity contribution is 7.52. The van der Waals surface area contributed by atoms with Gasteiger partial charge in [0.2, 0.25) is 0 Å². The zero-order valence-corrected chi connectivity index (χ0v) is 13.3. The van der Waals surface area contributed by atoms with Gasteiger partial charge in [-0.25, -0.2) is 0 Å². The minimum absolute atomic E-state index is 0.633. The van der Waals surface area contributed by atoms with Crippen LogP contribution >= 0.6 is 7.60 Å². The maximum absolute atomic E-state index is 11.8. The fourth-order valence-corrected chi connectivity index (χ4v) is 3.30. The van der Waals surface area contributed by atoms with Gasteiger partial charge in [0.1, 0.15) is 5.78 Å². The smallest absolute Gasteiger partial charge is 0.323 e. The molecule has 20 heavy (non-hydrogen) atoms. The van der Waals surface area contributed by atoms with Gasteiger partial charge in [0, 0.05) is 0 Å². The molecule has 1 aromatic rings. The van der Waals surface area contributed by atoms with Crippen LogP contribution in [0.2, 0.25) is 0 Å². The summed E-state index contributed by atoms with van der Waals surface area (Å²) in [5, 5.41) is 3.05. The first-order valence-electron chi connectivity index (χ1n) is 7.37. The molecule has 0 aliphatic heterocycles. The van der Waals surface area contributed by atoms with Crippen LogP contribution in [0, 0.1) is 0 Å². The zero-order valence-electron chi connectivity index (χ0n) is 12.4. The molecule has 0 radical (unpaired) electrons. The Kier molecular flexibility index (Phi) is 7.46. The van der Waals surface area contributed by atoms with Crippen LogP contribution in [0.5, 0.6) is 0 Å². The molecule has 0 heterocycles. The van der Waals surface area contributed by atoms with Gasteiger partial charge in [-0.1, -0.05) is 57.4 Å². The molecule has 1 unspecified atom stereocenters. The van der Waals surface area contributed by atoms with Crippen molar-refractivity contribution in [3.05, 3.63) is 35.4 Å². The Bertz CT molecular complexity index is 444. The van der Waals surface area contributed by atoms with Crippen molar-refractivity contribution < 1.29 is 14.4 Å². The van der Waals surface area contributed by atoms with Crippen molar-refractivity contribution in [2.75, 3.05) is 6.54 Å². The van der Waals surface area contributed by atoms with Crippen molar-refractivity contribution in [1.29, 1.82) is 0 Å². The molecule has 0 amide bonds. The first-order chi connectivity index (χ1) is 9.50. The monoisotopic (exact) mass is 299 g/mol. The first-order valence-corrected chi connectivity index (χ1v) is 9.05. The van der Waals surface area contributed by atoms with Crippen LogP contribution in [0.15, 0.2) is 24.3 Å². The summed E-state index contributed by atoms with van der Waals surface area (Å²) in [5.41, 5.74) is 1.71. The summed E-state index contributed by atoms with van der Waals surface area (Å²) < 4.78 is 11.8. The summed E-state index contributed by atoms with van der Waals surface area (Å²) in [6.07, 6.45) is 5.12. The Balaban J connectivity index is 2.77. The third-order valence-electron chi connectivity index (χ3n) is 3.43. The van der Waals surface area contributed by atoms with Crippen molar-refractivity contribution in [2.24, 2.45) is 0 Å². The van der Waals surface area contributed by atoms with E-state index in [0.717, 1.165) is 43.2 Å². The molecule has 0 saturated carbocycles. The lowest BCUT2D eigenvalue weighted by Gasteiger charge is -2.22. The third kappa shape index (κ3) is 5.37. The first kappa shape index (κ1) is 17.4. The maximum Gasteiger partial charge on any atom is 0.346 e. The molecule has 114 valence electrons. The van der Waals surface area contributed by atoms with Crippen molar-refractivity contribution in [1.82, 2.24) is 5.32 Å². The zero-order chi connectivity index (χ0) is 15.0. The molecule has 4 nitrogen and oxygen atoms in total. The van der Waals surface area contributed by atoms with Gasteiger partial charge >= 0.3 is 7.60 Å². The standard InChI is InChI=1S/C15H26NO3P/c1-3-5-6-9-12-16-15(20(17,18)19)14-11-8-7-10-13(14)4-2/h7-8,10-11,15-16H,3-6,9,12H2,1-2H3,(H2,17,18,19). The number of unbranched alkanes of at least 4 members (excludes halogenated alkanes) is 3. The lowest BCUT2D eigenvalue weighted by molar-refractivity contribution is 0.346. The predicted octanol–water partition coefficient (Wildman–Crippen LogP) is 3.60. The van der Waals surface area contributed by atoms with Gasteiger partial charge in [-0.3, -0.25) is 9.88 Å². The van der Waals surface area contributed by atoms with Gasteiger partial charge in [0.25, 0.3) is 0 Å². The van der Waals surface area contributed by atoms with Gasteiger partial charge in [-0.05, 0) is 30.5 Å². The Morgan fingerprint density at radius 3 is 2.45 bits per heavy atom. The molecule has 1 rings (SSSR count). The van der Waals surface area contributed by atoms with Crippen LogP contribution in [-0.2, 0) is 11.0 Å². The normalized spacial score (nSPS) is 13.4. The molecule has 1 aromatic carbocycles. The summed E-state index contributed by atoms with van der Waals surface area (Å²) in [5.74, 6) is -0.889. The van der Waals surface area contributed by atoms with Crippen molar-refractivity contribution in [3.63, 3.8) is 0 Å². The highest BCUT2D eigenvalue weighted by Gasteiger charge is 2.31. The lowest BCUT2D eigenvalue weighted by Crippen LogP contribution is -2.23. The molecule has 0 saturated heterocycles. The van der Waals surface area contributed by atoms with E-state index in [4.69, 9.17) is 0 Å². The second-order valence-electron chi connectivity index (χ2n) is 5.06. The van der Waals surface area contributed by atoms with Crippen LogP contribution in [0.1, 0.15) is 56.4 Å². The number of aryl methyl sites for hydroxylation is 1. The van der Waals surface area contributed by atoms with Crippen LogP contribution in [-0.4, -0.2) is 16.3 Å². The lowest BCUT2D eigenvalue weighted by atomic mass is 10.1. The van der Waals surface area contributed by atoms with Gasteiger partial charge < -0.3 is 9.79 Å². The van der Waals surface area contributed by atoms with Gasteiger partial charge in [-0.2, -0.15) is 0 Å². The molecule has 0 aromatic heterocycles. The van der Waals surface area contributed by atoms with Crippen LogP contribution in [0.3, 0.4) is 0 Å². The summed E-state index contributed by atoms with van der Waals surface area (Å²) in [7, 11) is -4.20. The number of rotatable bonds is 9. The number of nitrogens with one attached hydrogen (secondary N) is 1. The van der Waals surface area contributed by atoms with E-state index in [1.165, 1.54) is 0 Å². The summed E-state index contributed by atoms with van der Waals surface area (Å²) in [4.78, 5) is 19.2. The van der Waals surface area contributed by atoms with Gasteiger partial charge in [-0.15, -0.1) is 0 Å². The Morgan fingerprint density at radius 2 is 1.85 bits per heavy atom. The summed E-state index contributed by atoms with van der Waals surface area (Å²) in [6.45, 7) is 4.77. The highest BCUT2D eigenvalue weighted by Crippen LogP contribution is 2.50. The topological polar surface area (TPSA) is 69.6 Å². The van der Waals surface area contributed by atoms with E-state index in [1.807, 2.05) is 31.2 Å². The molecule has 0 aliphatic carbocycles. The van der Waals surface area contributed by atoms with E-state index < -0.39 is 13.4 Å². The summed E-state index contributed by atoms with van der Waals surface area (Å²) >= 11 is 0. The van der Waals surface area contributed by atoms with Gasteiger partial charge in [0.15, 0.2) is 0 Å². The molecule has 0 spiro atoms. The second-order valence-corrected chi connectivity index (χ2v) is 6.75. The third-order valence-corrected chi connectivity index (χ3v) is 4.57. The van der Waals surface area contributed by atoms with Gasteiger partial charge in [0.05, 0.1) is 0 Å². The Labute approximate surface area is 121 Å². The van der Waals surface area contributed by atoms with E-state index in [2.05, 4.69) is 12.2 Å². The minimum atomic E-state index is -4.20. The number of hydrogen-bond acceptors (Lipinski definition) is 2. The van der Waals surface area contributed by atoms with E-state index in [-0.39, 0.29) is 0 Å². The molecular formula is C15H26NO3P. The largest absolute Gasteiger partial charge is 0.346 e. The molecule has 1 atom stereocenters. The fourth-order valence-electron chi connectivity index (χ4n) is 2.32. The second kappa shape index (κ2) is 8.58. The molecule has 3 N–H and O–H groups in total. The Hall–Kier alpha value is -0.670. The molecule has 0 aliphatic rings. The summed E-state index contributed by atoms with van der Waals surface area (Å²) in [6, 6.07) is 7.47. The molecule has 0 bridgehead atoms. The Morgan fingerprint density at radius 1 is 1.15 bits per heavy atom. The SMILES string of the molecule is CCCCCCNC(c1ccccc1CC)P(=O)(O)O. The van der Waals surface area contributed by atoms with Crippen LogP contribution in [0.25, 0.3) is 0 Å². The predicted molar refractivity (Wildman–Crippen MR) is 82.7 cm³/mol. The van der Waals surface area contributed by atoms with E-state index >= 15 is 0 Å². The average Bonchev–Trinajstić information content (AvgIpc) is 2.41. The average molecular weight is 299 g/mol. The number of benzene rings is 1. The van der Waals surface area contributed by atoms with E-state index in [1.54, 1.807) is 0 Å². The molecule has 0 fully saturated rings. The molecular weight excluding hydrogens is 273 g/mol. The van der Waals surface area contributed by atoms with Crippen molar-refractivity contribution >= 4 is 7.60 Å². The quantitative estimate of drug-likeness (QED) is 0.481. The van der Waals surface area contributed by atoms with Crippen LogP contribution in [0.4, 0.5) is 0 Å². The maximum atomic E-state index is 11.8. The van der Waals surface area contributed by atoms with Crippen LogP contribution < -0.4 is 5.32 Å². The van der Waals surface area contributed by atoms with Crippen molar-refractivity contribution in [3.8, 4) is 0 Å². The van der Waals surface area contributed by atoms with E-state index in [0.29, 0.717) is 6.54 Å². The fraction of sp³-hybridized carbons (Fsp3) is 0.600. The van der Waals surface area contributed by atoms with Crippen molar-refractivity contribution in [2.45, 2.75) is 51.7 Å². The minimum Gasteiger partial charge on any atom is -0.323 e. The number of hydrogen-bond donors (Lipinski definition) is 3. The van der Waals surface area contributed by atoms with E-state index in [9.17, 15) is 14.4 Å². The molecule has 5 heteroatoms.